The Balaban J connectivity index is 0.00000225. The van der Waals surface area contributed by atoms with Crippen molar-refractivity contribution < 1.29 is 4.79 Å². The fraction of sp³-hybridized carbons (Fsp3) is 0.917. The van der Waals surface area contributed by atoms with E-state index in [1.54, 1.807) is 0 Å². The zero-order chi connectivity index (χ0) is 11.1. The van der Waals surface area contributed by atoms with Crippen LogP contribution < -0.4 is 11.1 Å². The predicted molar refractivity (Wildman–Crippen MR) is 69.7 cm³/mol. The summed E-state index contributed by atoms with van der Waals surface area (Å²) in [5.41, 5.74) is 5.32. The van der Waals surface area contributed by atoms with Crippen molar-refractivity contribution >= 4 is 18.3 Å². The van der Waals surface area contributed by atoms with Crippen molar-refractivity contribution in [1.29, 1.82) is 0 Å². The van der Waals surface area contributed by atoms with E-state index in [1.165, 1.54) is 32.1 Å². The van der Waals surface area contributed by atoms with Gasteiger partial charge in [0, 0.05) is 19.0 Å². The van der Waals surface area contributed by atoms with Crippen LogP contribution in [-0.2, 0) is 4.79 Å². The topological polar surface area (TPSA) is 55.1 Å². The first-order valence-corrected chi connectivity index (χ1v) is 6.21. The molecule has 0 bridgehead atoms. The summed E-state index contributed by atoms with van der Waals surface area (Å²) in [4.78, 5) is 11.3. The van der Waals surface area contributed by atoms with Crippen LogP contribution in [-0.4, -0.2) is 18.5 Å². The molecule has 3 nitrogen and oxygen atoms in total. The third kappa shape index (κ3) is 6.33. The van der Waals surface area contributed by atoms with Crippen LogP contribution in [0.2, 0.25) is 0 Å². The number of nitrogens with one attached hydrogen (secondary N) is 1. The van der Waals surface area contributed by atoms with Crippen molar-refractivity contribution in [1.82, 2.24) is 5.32 Å². The van der Waals surface area contributed by atoms with Crippen LogP contribution in [0.15, 0.2) is 0 Å². The zero-order valence-corrected chi connectivity index (χ0v) is 11.0. The van der Waals surface area contributed by atoms with Crippen LogP contribution in [0.3, 0.4) is 0 Å². The maximum absolute atomic E-state index is 11.3. The molecule has 1 rings (SSSR count). The average Bonchev–Trinajstić information content (AvgIpc) is 2.67. The molecule has 0 heterocycles. The number of amides is 1. The first-order valence-electron chi connectivity index (χ1n) is 6.21. The molecule has 0 radical (unpaired) electrons. The van der Waals surface area contributed by atoms with Crippen LogP contribution in [0.4, 0.5) is 0 Å². The van der Waals surface area contributed by atoms with Gasteiger partial charge in [-0.2, -0.15) is 0 Å². The Kier molecular flexibility index (Phi) is 8.67. The third-order valence-electron chi connectivity index (χ3n) is 3.26. The number of hydrogen-bond acceptors (Lipinski definition) is 2. The van der Waals surface area contributed by atoms with Crippen LogP contribution in [0.5, 0.6) is 0 Å². The van der Waals surface area contributed by atoms with E-state index in [-0.39, 0.29) is 18.3 Å². The molecule has 1 saturated carbocycles. The lowest BCUT2D eigenvalue weighted by Crippen LogP contribution is -2.33. The van der Waals surface area contributed by atoms with Gasteiger partial charge < -0.3 is 11.1 Å². The molecule has 0 aromatic carbocycles. The van der Waals surface area contributed by atoms with Crippen molar-refractivity contribution in [3.63, 3.8) is 0 Å². The number of carbonyl (C=O) groups excluding carboxylic acids is 1. The van der Waals surface area contributed by atoms with Gasteiger partial charge in [-0.1, -0.05) is 25.7 Å². The van der Waals surface area contributed by atoms with Crippen molar-refractivity contribution in [3.8, 4) is 0 Å². The maximum atomic E-state index is 11.3. The van der Waals surface area contributed by atoms with Gasteiger partial charge >= 0.3 is 0 Å². The normalized spacial score (nSPS) is 17.9. The smallest absolute Gasteiger partial charge is 0.221 e. The first kappa shape index (κ1) is 15.7. The lowest BCUT2D eigenvalue weighted by Gasteiger charge is -2.16. The van der Waals surface area contributed by atoms with Crippen LogP contribution in [0.1, 0.15) is 51.9 Å². The van der Waals surface area contributed by atoms with E-state index >= 15 is 0 Å². The molecule has 0 saturated heterocycles. The second-order valence-corrected chi connectivity index (χ2v) is 4.74. The summed E-state index contributed by atoms with van der Waals surface area (Å²) in [6.45, 7) is 2.53. The van der Waals surface area contributed by atoms with E-state index in [9.17, 15) is 4.79 Å². The molecule has 16 heavy (non-hydrogen) atoms. The van der Waals surface area contributed by atoms with Gasteiger partial charge in [-0.3, -0.25) is 4.79 Å². The van der Waals surface area contributed by atoms with Gasteiger partial charge in [0.15, 0.2) is 0 Å². The van der Waals surface area contributed by atoms with Crippen molar-refractivity contribution in [2.24, 2.45) is 11.7 Å². The Labute approximate surface area is 105 Å². The summed E-state index contributed by atoms with van der Waals surface area (Å²) >= 11 is 0. The highest BCUT2D eigenvalue weighted by atomic mass is 35.5. The highest BCUT2D eigenvalue weighted by molar-refractivity contribution is 5.85. The highest BCUT2D eigenvalue weighted by Gasteiger charge is 2.16. The van der Waals surface area contributed by atoms with Gasteiger partial charge in [0.05, 0.1) is 0 Å². The van der Waals surface area contributed by atoms with Crippen molar-refractivity contribution in [2.45, 2.75) is 57.9 Å². The van der Waals surface area contributed by atoms with Crippen LogP contribution in [0.25, 0.3) is 0 Å². The molecule has 96 valence electrons. The Morgan fingerprint density at radius 3 is 2.62 bits per heavy atom. The molecular formula is C12H25ClN2O. The molecule has 4 heteroatoms. The van der Waals surface area contributed by atoms with E-state index in [1.807, 2.05) is 0 Å². The van der Waals surface area contributed by atoms with Crippen LogP contribution in [0, 0.1) is 5.92 Å². The Morgan fingerprint density at radius 1 is 1.44 bits per heavy atom. The lowest BCUT2D eigenvalue weighted by atomic mass is 9.99. The van der Waals surface area contributed by atoms with Gasteiger partial charge in [0.25, 0.3) is 0 Å². The lowest BCUT2D eigenvalue weighted by molar-refractivity contribution is -0.121. The molecule has 0 spiro atoms. The molecule has 1 unspecified atom stereocenters. The SMILES string of the molecule is CC(CCC1CCCC1)NC(=O)CCN.Cl. The van der Waals surface area contributed by atoms with Crippen LogP contribution >= 0.6 is 12.4 Å². The predicted octanol–water partition coefficient (Wildman–Crippen LogP) is 2.23. The van der Waals surface area contributed by atoms with E-state index < -0.39 is 0 Å². The Hall–Kier alpha value is -0.280. The van der Waals surface area contributed by atoms with E-state index in [0.29, 0.717) is 19.0 Å². The van der Waals surface area contributed by atoms with E-state index in [2.05, 4.69) is 12.2 Å². The van der Waals surface area contributed by atoms with Gasteiger partial charge in [-0.15, -0.1) is 12.4 Å². The summed E-state index contributed by atoms with van der Waals surface area (Å²) in [6.07, 6.45) is 8.42. The number of nitrogens with two attached hydrogens (primary N) is 1. The Bertz CT molecular complexity index is 193. The number of rotatable bonds is 6. The average molecular weight is 249 g/mol. The standard InChI is InChI=1S/C12H24N2O.ClH/c1-10(14-12(15)8-9-13)6-7-11-4-2-3-5-11;/h10-11H,2-9,13H2,1H3,(H,14,15);1H. The number of carbonyl (C=O) groups is 1. The third-order valence-corrected chi connectivity index (χ3v) is 3.26. The molecule has 1 aliphatic carbocycles. The number of hydrogen-bond donors (Lipinski definition) is 2. The van der Waals surface area contributed by atoms with Gasteiger partial charge in [0.1, 0.15) is 0 Å². The first-order chi connectivity index (χ1) is 7.22. The molecule has 3 N–H and O–H groups in total. The minimum absolute atomic E-state index is 0. The zero-order valence-electron chi connectivity index (χ0n) is 10.2. The molecule has 0 aromatic rings. The van der Waals surface area contributed by atoms with Gasteiger partial charge in [0.2, 0.25) is 5.91 Å². The minimum Gasteiger partial charge on any atom is -0.354 e. The summed E-state index contributed by atoms with van der Waals surface area (Å²) < 4.78 is 0. The summed E-state index contributed by atoms with van der Waals surface area (Å²) in [5.74, 6) is 1.01. The van der Waals surface area contributed by atoms with E-state index in [0.717, 1.165) is 12.3 Å². The van der Waals surface area contributed by atoms with Crippen molar-refractivity contribution in [3.05, 3.63) is 0 Å². The van der Waals surface area contributed by atoms with Crippen molar-refractivity contribution in [2.75, 3.05) is 6.54 Å². The summed E-state index contributed by atoms with van der Waals surface area (Å²) in [6, 6.07) is 0.310. The molecule has 1 aliphatic rings. The molecule has 0 aliphatic heterocycles. The molecule has 0 aromatic heterocycles. The second kappa shape index (κ2) is 8.82. The minimum atomic E-state index is 0. The summed E-state index contributed by atoms with van der Waals surface area (Å²) in [5, 5.41) is 2.99. The number of halogens is 1. The molecular weight excluding hydrogens is 224 g/mol. The monoisotopic (exact) mass is 248 g/mol. The largest absolute Gasteiger partial charge is 0.354 e. The molecule has 1 atom stereocenters. The summed E-state index contributed by atoms with van der Waals surface area (Å²) in [7, 11) is 0. The second-order valence-electron chi connectivity index (χ2n) is 4.74. The van der Waals surface area contributed by atoms with Gasteiger partial charge in [-0.25, -0.2) is 0 Å². The fourth-order valence-corrected chi connectivity index (χ4v) is 2.33. The molecule has 1 fully saturated rings. The maximum Gasteiger partial charge on any atom is 0.221 e. The Morgan fingerprint density at radius 2 is 2.06 bits per heavy atom. The highest BCUT2D eigenvalue weighted by Crippen LogP contribution is 2.28. The van der Waals surface area contributed by atoms with Gasteiger partial charge in [-0.05, 0) is 25.7 Å². The molecule has 1 amide bonds. The quantitative estimate of drug-likeness (QED) is 0.758. The van der Waals surface area contributed by atoms with E-state index in [4.69, 9.17) is 5.73 Å². The fourth-order valence-electron chi connectivity index (χ4n) is 2.33.